The van der Waals surface area contributed by atoms with Gasteiger partial charge in [0.2, 0.25) is 5.78 Å². The van der Waals surface area contributed by atoms with Crippen molar-refractivity contribution in [1.29, 1.82) is 0 Å². The maximum Gasteiger partial charge on any atom is 0.310 e. The summed E-state index contributed by atoms with van der Waals surface area (Å²) in [5.41, 5.74) is 3.56. The number of methoxy groups -OCH3 is 1. The summed E-state index contributed by atoms with van der Waals surface area (Å²) in [5, 5.41) is 0.805. The molecule has 8 heteroatoms. The molecule has 0 N–H and O–H groups in total. The van der Waals surface area contributed by atoms with Gasteiger partial charge in [-0.3, -0.25) is 9.59 Å². The molecule has 8 nitrogen and oxygen atoms in total. The number of hydrogen-bond acceptors (Lipinski definition) is 7. The number of carbonyl (C=O) groups is 2. The third kappa shape index (κ3) is 4.66. The smallest absolute Gasteiger partial charge is 0.310 e. The van der Waals surface area contributed by atoms with E-state index < -0.39 is 5.97 Å². The second-order valence-corrected chi connectivity index (χ2v) is 8.78. The average molecular weight is 490 g/mol. The summed E-state index contributed by atoms with van der Waals surface area (Å²) >= 11 is 0. The van der Waals surface area contributed by atoms with Crippen LogP contribution in [0.2, 0.25) is 0 Å². The maximum atomic E-state index is 12.9. The molecule has 0 spiro atoms. The van der Waals surface area contributed by atoms with Crippen molar-refractivity contribution >= 4 is 22.7 Å². The summed E-state index contributed by atoms with van der Waals surface area (Å²) in [6, 6.07) is 14.8. The van der Waals surface area contributed by atoms with Crippen LogP contribution in [0.1, 0.15) is 27.3 Å². The number of rotatable bonds is 8. The second kappa shape index (κ2) is 9.81. The lowest BCUT2D eigenvalue weighted by Crippen LogP contribution is -2.33. The molecule has 0 saturated carbocycles. The molecule has 0 fully saturated rings. The SMILES string of the molecule is COc1ccc2c(CC(=O)OCC(=O)c3cc(C)n(CC4COc5ccccc5O4)c3C)coc2c1. The van der Waals surface area contributed by atoms with Gasteiger partial charge in [0, 0.05) is 34.0 Å². The van der Waals surface area contributed by atoms with E-state index >= 15 is 0 Å². The number of aryl methyl sites for hydroxylation is 1. The number of aromatic nitrogens is 1. The molecule has 1 aliphatic rings. The Morgan fingerprint density at radius 2 is 1.89 bits per heavy atom. The van der Waals surface area contributed by atoms with E-state index in [0.29, 0.717) is 41.4 Å². The minimum absolute atomic E-state index is 0.00608. The zero-order chi connectivity index (χ0) is 25.2. The van der Waals surface area contributed by atoms with E-state index in [1.54, 1.807) is 19.2 Å². The summed E-state index contributed by atoms with van der Waals surface area (Å²) in [6.07, 6.45) is 1.35. The van der Waals surface area contributed by atoms with Gasteiger partial charge in [0.05, 0.1) is 26.3 Å². The van der Waals surface area contributed by atoms with E-state index in [9.17, 15) is 9.59 Å². The molecule has 0 saturated heterocycles. The molecular formula is C28H27NO7. The first-order valence-corrected chi connectivity index (χ1v) is 11.7. The van der Waals surface area contributed by atoms with Gasteiger partial charge in [-0.05, 0) is 44.2 Å². The third-order valence-electron chi connectivity index (χ3n) is 6.39. The topological polar surface area (TPSA) is 89.1 Å². The highest BCUT2D eigenvalue weighted by atomic mass is 16.6. The minimum atomic E-state index is -0.498. The largest absolute Gasteiger partial charge is 0.497 e. The van der Waals surface area contributed by atoms with Crippen molar-refractivity contribution in [3.8, 4) is 17.2 Å². The van der Waals surface area contributed by atoms with Crippen molar-refractivity contribution in [3.05, 3.63) is 77.3 Å². The maximum absolute atomic E-state index is 12.9. The zero-order valence-corrected chi connectivity index (χ0v) is 20.4. The number of ketones is 1. The first-order chi connectivity index (χ1) is 17.4. The lowest BCUT2D eigenvalue weighted by Gasteiger charge is -2.27. The summed E-state index contributed by atoms with van der Waals surface area (Å²) in [7, 11) is 1.58. The number of hydrogen-bond donors (Lipinski definition) is 0. The van der Waals surface area contributed by atoms with Crippen LogP contribution in [0.3, 0.4) is 0 Å². The predicted molar refractivity (Wildman–Crippen MR) is 132 cm³/mol. The normalized spacial score (nSPS) is 14.6. The number of Topliss-reactive ketones (excluding diaryl/α,β-unsaturated/α-hetero) is 1. The van der Waals surface area contributed by atoms with Gasteiger partial charge in [-0.15, -0.1) is 0 Å². The van der Waals surface area contributed by atoms with Crippen LogP contribution in [0.4, 0.5) is 0 Å². The lowest BCUT2D eigenvalue weighted by atomic mass is 10.1. The molecule has 36 heavy (non-hydrogen) atoms. The number of esters is 1. The molecule has 2 aromatic heterocycles. The second-order valence-electron chi connectivity index (χ2n) is 8.78. The van der Waals surface area contributed by atoms with Crippen LogP contribution in [-0.4, -0.2) is 42.7 Å². The first kappa shape index (κ1) is 23.5. The summed E-state index contributed by atoms with van der Waals surface area (Å²) in [5.74, 6) is 1.36. The highest BCUT2D eigenvalue weighted by Crippen LogP contribution is 2.32. The fourth-order valence-electron chi connectivity index (χ4n) is 4.48. The van der Waals surface area contributed by atoms with Crippen LogP contribution in [0.5, 0.6) is 17.2 Å². The summed E-state index contributed by atoms with van der Waals surface area (Å²) < 4.78 is 29.9. The average Bonchev–Trinajstić information content (AvgIpc) is 3.42. The van der Waals surface area contributed by atoms with Gasteiger partial charge < -0.3 is 27.9 Å². The molecule has 1 atom stereocenters. The van der Waals surface area contributed by atoms with Crippen molar-refractivity contribution < 1.29 is 33.0 Å². The number of para-hydroxylation sites is 2. The molecule has 0 aliphatic carbocycles. The van der Waals surface area contributed by atoms with E-state index in [1.807, 2.05) is 54.8 Å². The molecule has 2 aromatic carbocycles. The fourth-order valence-corrected chi connectivity index (χ4v) is 4.48. The Labute approximate surface area is 208 Å². The molecule has 1 aliphatic heterocycles. The molecule has 5 rings (SSSR count). The number of ether oxygens (including phenoxy) is 4. The Kier molecular flexibility index (Phi) is 6.41. The molecule has 4 aromatic rings. The van der Waals surface area contributed by atoms with Crippen molar-refractivity contribution in [1.82, 2.24) is 4.57 Å². The Morgan fingerprint density at radius 1 is 1.08 bits per heavy atom. The van der Waals surface area contributed by atoms with E-state index in [-0.39, 0.29) is 24.9 Å². The van der Waals surface area contributed by atoms with Gasteiger partial charge in [-0.25, -0.2) is 0 Å². The molecule has 186 valence electrons. The highest BCUT2D eigenvalue weighted by Gasteiger charge is 2.24. The highest BCUT2D eigenvalue weighted by molar-refractivity contribution is 5.99. The van der Waals surface area contributed by atoms with Crippen molar-refractivity contribution in [2.75, 3.05) is 20.3 Å². The lowest BCUT2D eigenvalue weighted by molar-refractivity contribution is -0.141. The molecular weight excluding hydrogens is 462 g/mol. The molecule has 0 amide bonds. The van der Waals surface area contributed by atoms with Crippen molar-refractivity contribution in [2.45, 2.75) is 32.9 Å². The van der Waals surface area contributed by atoms with Crippen molar-refractivity contribution in [2.24, 2.45) is 0 Å². The van der Waals surface area contributed by atoms with Crippen LogP contribution < -0.4 is 14.2 Å². The van der Waals surface area contributed by atoms with Gasteiger partial charge in [0.1, 0.15) is 17.9 Å². The number of nitrogens with zero attached hydrogens (tertiary/aromatic N) is 1. The standard InChI is InChI=1S/C28H27NO7/c1-17-10-23(18(2)29(17)13-21-15-34-25-6-4-5-7-26(25)36-21)24(30)16-35-28(31)11-19-14-33-27-12-20(32-3)8-9-22(19)27/h4-10,12,14,21H,11,13,15-16H2,1-3H3. The number of carbonyl (C=O) groups excluding carboxylic acids is 2. The van der Waals surface area contributed by atoms with Crippen LogP contribution in [0, 0.1) is 13.8 Å². The Bertz CT molecular complexity index is 1430. The fraction of sp³-hybridized carbons (Fsp3) is 0.286. The van der Waals surface area contributed by atoms with Gasteiger partial charge in [0.25, 0.3) is 0 Å². The monoisotopic (exact) mass is 489 g/mol. The van der Waals surface area contributed by atoms with Crippen LogP contribution in [0.25, 0.3) is 11.0 Å². The molecule has 1 unspecified atom stereocenters. The molecule has 0 radical (unpaired) electrons. The molecule has 0 bridgehead atoms. The van der Waals surface area contributed by atoms with Gasteiger partial charge >= 0.3 is 5.97 Å². The molecule has 3 heterocycles. The van der Waals surface area contributed by atoms with Gasteiger partial charge in [0.15, 0.2) is 24.2 Å². The van der Waals surface area contributed by atoms with E-state index in [1.165, 1.54) is 6.26 Å². The van der Waals surface area contributed by atoms with Gasteiger partial charge in [-0.1, -0.05) is 12.1 Å². The summed E-state index contributed by atoms with van der Waals surface area (Å²) in [6.45, 7) is 4.45. The summed E-state index contributed by atoms with van der Waals surface area (Å²) in [4.78, 5) is 25.4. The van der Waals surface area contributed by atoms with Crippen molar-refractivity contribution in [3.63, 3.8) is 0 Å². The van der Waals surface area contributed by atoms with Crippen LogP contribution >= 0.6 is 0 Å². The van der Waals surface area contributed by atoms with E-state index in [4.69, 9.17) is 23.4 Å². The zero-order valence-electron chi connectivity index (χ0n) is 20.4. The van der Waals surface area contributed by atoms with E-state index in [2.05, 4.69) is 0 Å². The quantitative estimate of drug-likeness (QED) is 0.263. The van der Waals surface area contributed by atoms with Crippen LogP contribution in [-0.2, 0) is 22.5 Å². The number of benzene rings is 2. The Balaban J connectivity index is 1.20. The first-order valence-electron chi connectivity index (χ1n) is 11.7. The Morgan fingerprint density at radius 3 is 2.69 bits per heavy atom. The Hall–Kier alpha value is -4.20. The number of furan rings is 1. The van der Waals surface area contributed by atoms with E-state index in [0.717, 1.165) is 22.5 Å². The van der Waals surface area contributed by atoms with Gasteiger partial charge in [-0.2, -0.15) is 0 Å². The van der Waals surface area contributed by atoms with Crippen LogP contribution in [0.15, 0.2) is 59.2 Å². The number of fused-ring (bicyclic) bond motifs is 2. The third-order valence-corrected chi connectivity index (χ3v) is 6.39. The minimum Gasteiger partial charge on any atom is -0.497 e. The predicted octanol–water partition coefficient (Wildman–Crippen LogP) is 4.67.